The van der Waals surface area contributed by atoms with Gasteiger partial charge in [-0.1, -0.05) is 20.3 Å². The number of hydrogen-bond acceptors (Lipinski definition) is 5. The summed E-state index contributed by atoms with van der Waals surface area (Å²) in [4.78, 5) is 27.8. The number of carbonyl (C=O) groups is 2. The van der Waals surface area contributed by atoms with Gasteiger partial charge in [0.25, 0.3) is 0 Å². The number of nitrogens with zero attached hydrogens (tertiary/aromatic N) is 1. The van der Waals surface area contributed by atoms with Crippen LogP contribution in [-0.4, -0.2) is 23.3 Å². The van der Waals surface area contributed by atoms with Gasteiger partial charge in [-0.25, -0.2) is 9.78 Å². The fourth-order valence-corrected chi connectivity index (χ4v) is 2.73. The van der Waals surface area contributed by atoms with Gasteiger partial charge in [0.05, 0.1) is 22.4 Å². The lowest BCUT2D eigenvalue weighted by atomic mass is 10.2. The van der Waals surface area contributed by atoms with Gasteiger partial charge in [-0.3, -0.25) is 4.79 Å². The maximum Gasteiger partial charge on any atom is 0.338 e. The second kappa shape index (κ2) is 6.61. The standard InChI is InChI=1S/C15H17NO3S/c1-3-5-8-19-15(18)10-6-7-11-13(9-10)20-14(16-11)12(17)4-2/h6-7,9H,3-5,8H2,1-2H3. The number of ether oxygens (including phenoxy) is 1. The summed E-state index contributed by atoms with van der Waals surface area (Å²) in [6, 6.07) is 5.19. The largest absolute Gasteiger partial charge is 0.462 e. The quantitative estimate of drug-likeness (QED) is 0.461. The summed E-state index contributed by atoms with van der Waals surface area (Å²) in [7, 11) is 0. The number of hydrogen-bond donors (Lipinski definition) is 0. The van der Waals surface area contributed by atoms with Crippen molar-refractivity contribution in [1.82, 2.24) is 4.98 Å². The molecule has 0 N–H and O–H groups in total. The summed E-state index contributed by atoms with van der Waals surface area (Å²) >= 11 is 1.32. The summed E-state index contributed by atoms with van der Waals surface area (Å²) in [6.45, 7) is 4.30. The zero-order valence-corrected chi connectivity index (χ0v) is 12.5. The van der Waals surface area contributed by atoms with Crippen molar-refractivity contribution in [3.8, 4) is 0 Å². The molecule has 0 saturated carbocycles. The minimum Gasteiger partial charge on any atom is -0.462 e. The van der Waals surface area contributed by atoms with Crippen LogP contribution in [-0.2, 0) is 4.74 Å². The lowest BCUT2D eigenvalue weighted by molar-refractivity contribution is 0.0500. The number of aromatic nitrogens is 1. The van der Waals surface area contributed by atoms with Crippen molar-refractivity contribution in [1.29, 1.82) is 0 Å². The molecule has 106 valence electrons. The number of thiazole rings is 1. The van der Waals surface area contributed by atoms with E-state index in [4.69, 9.17) is 4.74 Å². The Hall–Kier alpha value is -1.75. The number of fused-ring (bicyclic) bond motifs is 1. The fourth-order valence-electron chi connectivity index (χ4n) is 1.71. The molecule has 2 rings (SSSR count). The molecule has 0 bridgehead atoms. The molecule has 0 atom stereocenters. The minimum atomic E-state index is -0.322. The molecule has 0 radical (unpaired) electrons. The number of ketones is 1. The Bertz CT molecular complexity index is 633. The van der Waals surface area contributed by atoms with E-state index < -0.39 is 0 Å². The highest BCUT2D eigenvalue weighted by atomic mass is 32.1. The van der Waals surface area contributed by atoms with Crippen LogP contribution < -0.4 is 0 Å². The smallest absolute Gasteiger partial charge is 0.338 e. The predicted molar refractivity (Wildman–Crippen MR) is 79.4 cm³/mol. The monoisotopic (exact) mass is 291 g/mol. The number of esters is 1. The molecule has 0 saturated heterocycles. The van der Waals surface area contributed by atoms with Gasteiger partial charge in [-0.05, 0) is 24.6 Å². The molecule has 0 spiro atoms. The maximum atomic E-state index is 11.9. The average molecular weight is 291 g/mol. The molecule has 20 heavy (non-hydrogen) atoms. The molecule has 0 unspecified atom stereocenters. The Morgan fingerprint density at radius 2 is 2.10 bits per heavy atom. The van der Waals surface area contributed by atoms with Crippen LogP contribution in [0.15, 0.2) is 18.2 Å². The van der Waals surface area contributed by atoms with E-state index in [9.17, 15) is 9.59 Å². The number of rotatable bonds is 6. The van der Waals surface area contributed by atoms with E-state index in [1.165, 1.54) is 11.3 Å². The highest BCUT2D eigenvalue weighted by molar-refractivity contribution is 7.20. The van der Waals surface area contributed by atoms with E-state index in [0.29, 0.717) is 23.6 Å². The van der Waals surface area contributed by atoms with Crippen molar-refractivity contribution in [2.75, 3.05) is 6.61 Å². The first-order valence-corrected chi connectivity index (χ1v) is 7.58. The SMILES string of the molecule is CCCCOC(=O)c1ccc2nc(C(=O)CC)sc2c1. The van der Waals surface area contributed by atoms with Gasteiger partial charge in [0.15, 0.2) is 10.8 Å². The zero-order valence-electron chi connectivity index (χ0n) is 11.6. The van der Waals surface area contributed by atoms with E-state index in [2.05, 4.69) is 4.98 Å². The molecule has 4 nitrogen and oxygen atoms in total. The van der Waals surface area contributed by atoms with Gasteiger partial charge in [-0.15, -0.1) is 11.3 Å². The Kier molecular flexibility index (Phi) is 4.84. The Labute approximate surface area is 121 Å². The topological polar surface area (TPSA) is 56.3 Å². The van der Waals surface area contributed by atoms with Gasteiger partial charge in [-0.2, -0.15) is 0 Å². The molecule has 0 amide bonds. The molecule has 1 aromatic carbocycles. The van der Waals surface area contributed by atoms with Crippen LogP contribution in [0.3, 0.4) is 0 Å². The van der Waals surface area contributed by atoms with Gasteiger partial charge in [0.2, 0.25) is 0 Å². The fraction of sp³-hybridized carbons (Fsp3) is 0.400. The molecule has 5 heteroatoms. The summed E-state index contributed by atoms with van der Waals surface area (Å²) in [5.74, 6) is -0.296. The van der Waals surface area contributed by atoms with Crippen molar-refractivity contribution >= 4 is 33.3 Å². The van der Waals surface area contributed by atoms with Gasteiger partial charge in [0.1, 0.15) is 0 Å². The summed E-state index contributed by atoms with van der Waals surface area (Å²) < 4.78 is 6.01. The average Bonchev–Trinajstić information content (AvgIpc) is 2.89. The summed E-state index contributed by atoms with van der Waals surface area (Å²) in [5, 5.41) is 0.499. The second-order valence-corrected chi connectivity index (χ2v) is 5.50. The molecule has 1 heterocycles. The lowest BCUT2D eigenvalue weighted by Crippen LogP contribution is -2.05. The van der Waals surface area contributed by atoms with Crippen LogP contribution in [0.5, 0.6) is 0 Å². The molecule has 1 aromatic heterocycles. The Balaban J connectivity index is 2.20. The minimum absolute atomic E-state index is 0.0262. The van der Waals surface area contributed by atoms with E-state index in [1.54, 1.807) is 18.2 Å². The lowest BCUT2D eigenvalue weighted by Gasteiger charge is -2.03. The Morgan fingerprint density at radius 1 is 1.30 bits per heavy atom. The molecular formula is C15H17NO3S. The van der Waals surface area contributed by atoms with Crippen molar-refractivity contribution in [3.63, 3.8) is 0 Å². The van der Waals surface area contributed by atoms with Gasteiger partial charge < -0.3 is 4.74 Å². The van der Waals surface area contributed by atoms with E-state index in [0.717, 1.165) is 23.1 Å². The number of benzene rings is 1. The van der Waals surface area contributed by atoms with Crippen molar-refractivity contribution in [3.05, 3.63) is 28.8 Å². The van der Waals surface area contributed by atoms with E-state index >= 15 is 0 Å². The maximum absolute atomic E-state index is 11.9. The molecular weight excluding hydrogens is 274 g/mol. The third-order valence-electron chi connectivity index (χ3n) is 2.91. The molecule has 0 fully saturated rings. The molecule has 0 aliphatic heterocycles. The van der Waals surface area contributed by atoms with Crippen molar-refractivity contribution in [2.24, 2.45) is 0 Å². The van der Waals surface area contributed by atoms with Crippen LogP contribution in [0.25, 0.3) is 10.2 Å². The first kappa shape index (κ1) is 14.7. The Morgan fingerprint density at radius 3 is 2.80 bits per heavy atom. The highest BCUT2D eigenvalue weighted by Crippen LogP contribution is 2.24. The van der Waals surface area contributed by atoms with Gasteiger partial charge in [0, 0.05) is 6.42 Å². The van der Waals surface area contributed by atoms with Gasteiger partial charge >= 0.3 is 5.97 Å². The van der Waals surface area contributed by atoms with Crippen LogP contribution in [0.4, 0.5) is 0 Å². The van der Waals surface area contributed by atoms with E-state index in [1.807, 2.05) is 13.8 Å². The number of carbonyl (C=O) groups excluding carboxylic acids is 2. The van der Waals surface area contributed by atoms with Crippen LogP contribution in [0.1, 0.15) is 53.3 Å². The highest BCUT2D eigenvalue weighted by Gasteiger charge is 2.13. The van der Waals surface area contributed by atoms with Crippen molar-refractivity contribution in [2.45, 2.75) is 33.1 Å². The van der Waals surface area contributed by atoms with E-state index in [-0.39, 0.29) is 11.8 Å². The first-order chi connectivity index (χ1) is 9.65. The molecule has 2 aromatic rings. The van der Waals surface area contributed by atoms with Crippen LogP contribution in [0, 0.1) is 0 Å². The zero-order chi connectivity index (χ0) is 14.5. The summed E-state index contributed by atoms with van der Waals surface area (Å²) in [6.07, 6.45) is 2.29. The van der Waals surface area contributed by atoms with Crippen LogP contribution in [0.2, 0.25) is 0 Å². The third kappa shape index (κ3) is 3.22. The second-order valence-electron chi connectivity index (χ2n) is 4.47. The first-order valence-electron chi connectivity index (χ1n) is 6.76. The van der Waals surface area contributed by atoms with Crippen molar-refractivity contribution < 1.29 is 14.3 Å². The molecule has 0 aliphatic carbocycles. The third-order valence-corrected chi connectivity index (χ3v) is 3.97. The van der Waals surface area contributed by atoms with Crippen LogP contribution >= 0.6 is 11.3 Å². The summed E-state index contributed by atoms with van der Waals surface area (Å²) in [5.41, 5.74) is 1.25. The predicted octanol–water partition coefficient (Wildman–Crippen LogP) is 3.85. The number of unbranched alkanes of at least 4 members (excludes halogenated alkanes) is 1. The molecule has 0 aliphatic rings. The number of Topliss-reactive ketones (excluding diaryl/α,β-unsaturated/α-hetero) is 1. The normalized spacial score (nSPS) is 10.7.